The first kappa shape index (κ1) is 14.7. The molecule has 0 aliphatic heterocycles. The molecular weight excluding hydrogens is 254 g/mol. The van der Waals surface area contributed by atoms with E-state index in [9.17, 15) is 13.2 Å². The number of carbonyl (C=O) groups is 1. The Balaban J connectivity index is 2.69. The smallest absolute Gasteiger partial charge is 0.321 e. The zero-order valence-electron chi connectivity index (χ0n) is 10.3. The molecule has 2 N–H and O–H groups in total. The summed E-state index contributed by atoms with van der Waals surface area (Å²) in [5.74, 6) is -1.51. The summed E-state index contributed by atoms with van der Waals surface area (Å²) >= 11 is 0. The van der Waals surface area contributed by atoms with Crippen LogP contribution in [0.5, 0.6) is 0 Å². The molecule has 100 valence electrons. The lowest BCUT2D eigenvalue weighted by molar-refractivity contribution is -0.138. The Morgan fingerprint density at radius 2 is 1.83 bits per heavy atom. The van der Waals surface area contributed by atoms with Crippen molar-refractivity contribution in [3.05, 3.63) is 35.9 Å². The number of hydrogen-bond acceptors (Lipinski definition) is 3. The number of nitrogens with one attached hydrogen (secondary N) is 1. The topological polar surface area (TPSA) is 83.5 Å². The van der Waals surface area contributed by atoms with Crippen LogP contribution in [0.25, 0.3) is 0 Å². The van der Waals surface area contributed by atoms with Crippen molar-refractivity contribution in [1.29, 1.82) is 0 Å². The number of hydrogen-bond donors (Lipinski definition) is 2. The molecule has 0 saturated heterocycles. The van der Waals surface area contributed by atoms with Crippen molar-refractivity contribution < 1.29 is 18.3 Å². The van der Waals surface area contributed by atoms with Crippen LogP contribution in [0.15, 0.2) is 30.3 Å². The van der Waals surface area contributed by atoms with Crippen LogP contribution < -0.4 is 4.72 Å². The molecule has 0 aliphatic rings. The van der Waals surface area contributed by atoms with Crippen molar-refractivity contribution in [1.82, 2.24) is 4.72 Å². The Bertz CT molecular complexity index is 498. The standard InChI is InChI=1S/C12H17NO4S/c1-9(11-6-4-3-5-7-11)8-18(16,17)13-10(2)12(14)15/h3-7,9-10,13H,8H2,1-2H3,(H,14,15)/t9?,10-/m1/s1. The number of carboxylic acids is 1. The van der Waals surface area contributed by atoms with Gasteiger partial charge in [0.25, 0.3) is 0 Å². The molecule has 0 fully saturated rings. The van der Waals surface area contributed by atoms with Crippen LogP contribution in [-0.2, 0) is 14.8 Å². The first-order valence-electron chi connectivity index (χ1n) is 5.59. The van der Waals surface area contributed by atoms with Crippen molar-refractivity contribution in [3.8, 4) is 0 Å². The van der Waals surface area contributed by atoms with Crippen LogP contribution in [0.1, 0.15) is 25.3 Å². The largest absolute Gasteiger partial charge is 0.480 e. The van der Waals surface area contributed by atoms with Gasteiger partial charge in [0.15, 0.2) is 0 Å². The molecule has 2 atom stereocenters. The lowest BCUT2D eigenvalue weighted by Gasteiger charge is -2.14. The molecule has 0 bridgehead atoms. The number of sulfonamides is 1. The summed E-state index contributed by atoms with van der Waals surface area (Å²) in [4.78, 5) is 10.6. The zero-order valence-corrected chi connectivity index (χ0v) is 11.1. The number of aliphatic carboxylic acids is 1. The van der Waals surface area contributed by atoms with Crippen LogP contribution in [0, 0.1) is 0 Å². The second kappa shape index (κ2) is 5.97. The Morgan fingerprint density at radius 1 is 1.28 bits per heavy atom. The molecule has 0 aliphatic carbocycles. The van der Waals surface area contributed by atoms with Gasteiger partial charge in [0.05, 0.1) is 5.75 Å². The molecule has 0 radical (unpaired) electrons. The van der Waals surface area contributed by atoms with Gasteiger partial charge in [-0.1, -0.05) is 37.3 Å². The number of benzene rings is 1. The molecular formula is C12H17NO4S. The molecule has 0 amide bonds. The molecule has 0 heterocycles. The average molecular weight is 271 g/mol. The second-order valence-electron chi connectivity index (χ2n) is 4.27. The lowest BCUT2D eigenvalue weighted by Crippen LogP contribution is -2.40. The second-order valence-corrected chi connectivity index (χ2v) is 6.07. The first-order valence-corrected chi connectivity index (χ1v) is 7.25. The molecule has 1 rings (SSSR count). The summed E-state index contributed by atoms with van der Waals surface area (Å²) in [6.45, 7) is 3.09. The van der Waals surface area contributed by atoms with Gasteiger partial charge in [0.2, 0.25) is 10.0 Å². The Labute approximate surface area is 107 Å². The van der Waals surface area contributed by atoms with E-state index in [1.165, 1.54) is 6.92 Å². The number of carboxylic acid groups (broad SMARTS) is 1. The first-order chi connectivity index (χ1) is 8.32. The van der Waals surface area contributed by atoms with Gasteiger partial charge < -0.3 is 5.11 Å². The van der Waals surface area contributed by atoms with E-state index in [0.717, 1.165) is 5.56 Å². The minimum atomic E-state index is -3.60. The summed E-state index contributed by atoms with van der Waals surface area (Å²) in [6.07, 6.45) is 0. The minimum absolute atomic E-state index is 0.130. The van der Waals surface area contributed by atoms with Crippen molar-refractivity contribution in [2.24, 2.45) is 0 Å². The third-order valence-corrected chi connectivity index (χ3v) is 4.22. The molecule has 18 heavy (non-hydrogen) atoms. The maximum atomic E-state index is 11.8. The van der Waals surface area contributed by atoms with E-state index >= 15 is 0 Å². The summed E-state index contributed by atoms with van der Waals surface area (Å²) in [6, 6.07) is 8.12. The highest BCUT2D eigenvalue weighted by Gasteiger charge is 2.22. The van der Waals surface area contributed by atoms with Gasteiger partial charge in [-0.15, -0.1) is 0 Å². The summed E-state index contributed by atoms with van der Waals surface area (Å²) in [5.41, 5.74) is 0.908. The summed E-state index contributed by atoms with van der Waals surface area (Å²) in [5, 5.41) is 8.67. The fourth-order valence-electron chi connectivity index (χ4n) is 1.57. The Kier molecular flexibility index (Phi) is 4.86. The summed E-state index contributed by atoms with van der Waals surface area (Å²) in [7, 11) is -3.60. The monoisotopic (exact) mass is 271 g/mol. The van der Waals surface area contributed by atoms with E-state index in [-0.39, 0.29) is 11.7 Å². The van der Waals surface area contributed by atoms with Crippen LogP contribution in [0.2, 0.25) is 0 Å². The third kappa shape index (κ3) is 4.46. The van der Waals surface area contributed by atoms with E-state index in [4.69, 9.17) is 5.11 Å². The van der Waals surface area contributed by atoms with Crippen molar-refractivity contribution in [2.45, 2.75) is 25.8 Å². The van der Waals surface area contributed by atoms with Gasteiger partial charge in [0.1, 0.15) is 6.04 Å². The van der Waals surface area contributed by atoms with E-state index in [1.54, 1.807) is 6.92 Å². The molecule has 1 aromatic carbocycles. The fourth-order valence-corrected chi connectivity index (χ4v) is 3.16. The molecule has 1 aromatic rings. The minimum Gasteiger partial charge on any atom is -0.480 e. The van der Waals surface area contributed by atoms with Crippen molar-refractivity contribution in [2.75, 3.05) is 5.75 Å². The molecule has 0 aromatic heterocycles. The van der Waals surface area contributed by atoms with E-state index < -0.39 is 22.0 Å². The van der Waals surface area contributed by atoms with Gasteiger partial charge >= 0.3 is 5.97 Å². The van der Waals surface area contributed by atoms with Crippen LogP contribution in [-0.4, -0.2) is 31.3 Å². The van der Waals surface area contributed by atoms with Gasteiger partial charge in [-0.2, -0.15) is 0 Å². The molecule has 6 heteroatoms. The van der Waals surface area contributed by atoms with E-state index in [0.29, 0.717) is 0 Å². The highest BCUT2D eigenvalue weighted by molar-refractivity contribution is 7.89. The number of rotatable bonds is 6. The predicted molar refractivity (Wildman–Crippen MR) is 68.9 cm³/mol. The van der Waals surface area contributed by atoms with Crippen LogP contribution in [0.3, 0.4) is 0 Å². The van der Waals surface area contributed by atoms with Gasteiger partial charge in [-0.05, 0) is 18.4 Å². The van der Waals surface area contributed by atoms with Crippen molar-refractivity contribution in [3.63, 3.8) is 0 Å². The van der Waals surface area contributed by atoms with E-state index in [1.807, 2.05) is 30.3 Å². The quantitative estimate of drug-likeness (QED) is 0.814. The predicted octanol–water partition coefficient (Wildman–Crippen LogP) is 1.18. The molecule has 5 nitrogen and oxygen atoms in total. The lowest BCUT2D eigenvalue weighted by atomic mass is 10.0. The zero-order chi connectivity index (χ0) is 13.8. The molecule has 0 spiro atoms. The van der Waals surface area contributed by atoms with Gasteiger partial charge in [-0.3, -0.25) is 4.79 Å². The van der Waals surface area contributed by atoms with Gasteiger partial charge in [0, 0.05) is 0 Å². The normalized spacial score (nSPS) is 15.0. The van der Waals surface area contributed by atoms with Crippen molar-refractivity contribution >= 4 is 16.0 Å². The highest BCUT2D eigenvalue weighted by atomic mass is 32.2. The highest BCUT2D eigenvalue weighted by Crippen LogP contribution is 2.16. The Morgan fingerprint density at radius 3 is 2.33 bits per heavy atom. The van der Waals surface area contributed by atoms with Gasteiger partial charge in [-0.25, -0.2) is 13.1 Å². The average Bonchev–Trinajstić information content (AvgIpc) is 2.28. The SMILES string of the molecule is CC(CS(=O)(=O)N[C@H](C)C(=O)O)c1ccccc1. The Hall–Kier alpha value is -1.40. The maximum absolute atomic E-state index is 11.8. The van der Waals surface area contributed by atoms with Crippen LogP contribution >= 0.6 is 0 Å². The van der Waals surface area contributed by atoms with E-state index in [2.05, 4.69) is 4.72 Å². The maximum Gasteiger partial charge on any atom is 0.321 e. The third-order valence-electron chi connectivity index (χ3n) is 2.56. The fraction of sp³-hybridized carbons (Fsp3) is 0.417. The van der Waals surface area contributed by atoms with Crippen LogP contribution in [0.4, 0.5) is 0 Å². The summed E-state index contributed by atoms with van der Waals surface area (Å²) < 4.78 is 25.6. The molecule has 0 saturated carbocycles. The molecule has 1 unspecified atom stereocenters.